The van der Waals surface area contributed by atoms with Gasteiger partial charge in [0.2, 0.25) is 0 Å². The molecule has 1 atom stereocenters. The van der Waals surface area contributed by atoms with Crippen LogP contribution in [0.3, 0.4) is 0 Å². The molecule has 1 aliphatic heterocycles. The van der Waals surface area contributed by atoms with Gasteiger partial charge in [-0.15, -0.1) is 0 Å². The summed E-state index contributed by atoms with van der Waals surface area (Å²) in [5.41, 5.74) is -0.428. The fourth-order valence-corrected chi connectivity index (χ4v) is 2.81. The van der Waals surface area contributed by atoms with E-state index in [1.807, 2.05) is 18.2 Å². The number of aliphatic carboxylic acids is 1. The minimum atomic E-state index is -1.11. The van der Waals surface area contributed by atoms with E-state index in [4.69, 9.17) is 0 Å². The smallest absolute Gasteiger partial charge is 0.329 e. The third-order valence-electron chi connectivity index (χ3n) is 3.42. The van der Waals surface area contributed by atoms with E-state index in [-0.39, 0.29) is 6.03 Å². The molecule has 2 amide bonds. The molecule has 6 heteroatoms. The van der Waals surface area contributed by atoms with Crippen LogP contribution in [0.4, 0.5) is 10.5 Å². The van der Waals surface area contributed by atoms with Crippen molar-refractivity contribution in [2.24, 2.45) is 0 Å². The number of carbonyl (C=O) groups excluding carboxylic acids is 1. The number of halogens is 1. The molecule has 102 valence electrons. The minimum Gasteiger partial charge on any atom is -0.480 e. The fraction of sp³-hybridized carbons (Fsp3) is 0.385. The van der Waals surface area contributed by atoms with E-state index < -0.39 is 11.5 Å². The Morgan fingerprint density at radius 2 is 2.21 bits per heavy atom. The van der Waals surface area contributed by atoms with E-state index >= 15 is 0 Å². The van der Waals surface area contributed by atoms with Gasteiger partial charge in [-0.05, 0) is 60.6 Å². The van der Waals surface area contributed by atoms with Gasteiger partial charge in [-0.25, -0.2) is 9.59 Å². The van der Waals surface area contributed by atoms with Gasteiger partial charge in [0.25, 0.3) is 0 Å². The van der Waals surface area contributed by atoms with Crippen LogP contribution in [0.2, 0.25) is 0 Å². The van der Waals surface area contributed by atoms with Crippen LogP contribution in [0.25, 0.3) is 0 Å². The van der Waals surface area contributed by atoms with Crippen molar-refractivity contribution in [2.75, 3.05) is 11.9 Å². The van der Waals surface area contributed by atoms with Gasteiger partial charge in [-0.1, -0.05) is 6.07 Å². The second-order valence-electron chi connectivity index (χ2n) is 4.77. The summed E-state index contributed by atoms with van der Waals surface area (Å²) >= 11 is 2.16. The van der Waals surface area contributed by atoms with E-state index in [0.717, 1.165) is 3.57 Å². The molecule has 1 aromatic carbocycles. The van der Waals surface area contributed by atoms with Crippen molar-refractivity contribution in [1.82, 2.24) is 4.90 Å². The number of carbonyl (C=O) groups is 2. The maximum atomic E-state index is 12.2. The first kappa shape index (κ1) is 14.1. The third-order valence-corrected chi connectivity index (χ3v) is 4.09. The molecule has 0 aliphatic carbocycles. The topological polar surface area (TPSA) is 69.6 Å². The molecule has 19 heavy (non-hydrogen) atoms. The van der Waals surface area contributed by atoms with E-state index in [9.17, 15) is 14.7 Å². The van der Waals surface area contributed by atoms with Crippen LogP contribution >= 0.6 is 22.6 Å². The zero-order valence-electron chi connectivity index (χ0n) is 10.5. The Kier molecular flexibility index (Phi) is 3.98. The lowest BCUT2D eigenvalue weighted by molar-refractivity contribution is -0.146. The van der Waals surface area contributed by atoms with Crippen LogP contribution in [-0.2, 0) is 4.79 Å². The van der Waals surface area contributed by atoms with Crippen molar-refractivity contribution in [2.45, 2.75) is 25.3 Å². The molecule has 2 N–H and O–H groups in total. The number of anilines is 1. The zero-order valence-corrected chi connectivity index (χ0v) is 12.7. The molecule has 1 saturated heterocycles. The number of nitrogens with zero attached hydrogens (tertiary/aromatic N) is 1. The van der Waals surface area contributed by atoms with Gasteiger partial charge in [0.15, 0.2) is 0 Å². The molecule has 2 rings (SSSR count). The Balaban J connectivity index is 2.14. The Morgan fingerprint density at radius 3 is 2.84 bits per heavy atom. The van der Waals surface area contributed by atoms with Gasteiger partial charge < -0.3 is 15.3 Å². The number of likely N-dealkylation sites (tertiary alicyclic amines) is 1. The molecule has 5 nitrogen and oxygen atoms in total. The van der Waals surface area contributed by atoms with Gasteiger partial charge in [-0.3, -0.25) is 0 Å². The van der Waals surface area contributed by atoms with E-state index in [1.165, 1.54) is 4.90 Å². The molecule has 0 aromatic heterocycles. The van der Waals surface area contributed by atoms with Gasteiger partial charge in [0.05, 0.1) is 0 Å². The van der Waals surface area contributed by atoms with Gasteiger partial charge in [-0.2, -0.15) is 0 Å². The fourth-order valence-electron chi connectivity index (χ4n) is 2.27. The van der Waals surface area contributed by atoms with Crippen LogP contribution in [0, 0.1) is 3.57 Å². The Bertz CT molecular complexity index is 520. The van der Waals surface area contributed by atoms with Crippen molar-refractivity contribution in [3.05, 3.63) is 27.8 Å². The van der Waals surface area contributed by atoms with Crippen molar-refractivity contribution in [1.29, 1.82) is 0 Å². The normalized spacial score (nSPS) is 22.3. The second kappa shape index (κ2) is 5.36. The monoisotopic (exact) mass is 374 g/mol. The average Bonchev–Trinajstić information content (AvgIpc) is 2.73. The summed E-state index contributed by atoms with van der Waals surface area (Å²) in [6, 6.07) is 7.04. The first-order chi connectivity index (χ1) is 8.93. The van der Waals surface area contributed by atoms with E-state index in [1.54, 1.807) is 13.0 Å². The number of hydrogen-bond donors (Lipinski definition) is 2. The van der Waals surface area contributed by atoms with Crippen molar-refractivity contribution in [3.63, 3.8) is 0 Å². The van der Waals surface area contributed by atoms with E-state index in [0.29, 0.717) is 25.1 Å². The summed E-state index contributed by atoms with van der Waals surface area (Å²) in [5, 5.41) is 12.0. The average molecular weight is 374 g/mol. The quantitative estimate of drug-likeness (QED) is 0.783. The summed E-state index contributed by atoms with van der Waals surface area (Å²) in [6.07, 6.45) is 1.20. The van der Waals surface area contributed by atoms with Gasteiger partial charge in [0.1, 0.15) is 5.54 Å². The molecule has 0 bridgehead atoms. The highest BCUT2D eigenvalue weighted by Gasteiger charge is 2.45. The highest BCUT2D eigenvalue weighted by molar-refractivity contribution is 14.1. The zero-order chi connectivity index (χ0) is 14.0. The Morgan fingerprint density at radius 1 is 1.47 bits per heavy atom. The molecule has 1 heterocycles. The van der Waals surface area contributed by atoms with Crippen molar-refractivity contribution < 1.29 is 14.7 Å². The van der Waals surface area contributed by atoms with Crippen LogP contribution in [-0.4, -0.2) is 34.1 Å². The molecule has 0 spiro atoms. The maximum Gasteiger partial charge on any atom is 0.329 e. The molecule has 0 radical (unpaired) electrons. The minimum absolute atomic E-state index is 0.357. The summed E-state index contributed by atoms with van der Waals surface area (Å²) in [5.74, 6) is -0.956. The molecule has 1 unspecified atom stereocenters. The number of hydrogen-bond acceptors (Lipinski definition) is 2. The number of benzene rings is 1. The third kappa shape index (κ3) is 2.83. The second-order valence-corrected chi connectivity index (χ2v) is 6.02. The standard InChI is InChI=1S/C13H15IN2O3/c1-13(11(17)18)6-3-7-16(13)12(19)15-10-5-2-4-9(14)8-10/h2,4-5,8H,3,6-7H2,1H3,(H,15,19)(H,17,18). The first-order valence-corrected chi connectivity index (χ1v) is 7.09. The number of carboxylic acid groups (broad SMARTS) is 1. The molecular weight excluding hydrogens is 359 g/mol. The largest absolute Gasteiger partial charge is 0.480 e. The number of amides is 2. The summed E-state index contributed by atoms with van der Waals surface area (Å²) in [6.45, 7) is 2.06. The molecule has 0 saturated carbocycles. The van der Waals surface area contributed by atoms with Crippen molar-refractivity contribution in [3.8, 4) is 0 Å². The van der Waals surface area contributed by atoms with Crippen LogP contribution < -0.4 is 5.32 Å². The summed E-state index contributed by atoms with van der Waals surface area (Å²) in [7, 11) is 0. The molecule has 1 aliphatic rings. The van der Waals surface area contributed by atoms with Crippen LogP contribution in [0.5, 0.6) is 0 Å². The van der Waals surface area contributed by atoms with Crippen LogP contribution in [0.1, 0.15) is 19.8 Å². The summed E-state index contributed by atoms with van der Waals surface area (Å²) < 4.78 is 1.01. The Hall–Kier alpha value is -1.31. The maximum absolute atomic E-state index is 12.2. The predicted molar refractivity (Wildman–Crippen MR) is 80.2 cm³/mol. The molecular formula is C13H15IN2O3. The lowest BCUT2D eigenvalue weighted by Crippen LogP contribution is -2.52. The van der Waals surface area contributed by atoms with Crippen LogP contribution in [0.15, 0.2) is 24.3 Å². The highest BCUT2D eigenvalue weighted by Crippen LogP contribution is 2.30. The number of nitrogens with one attached hydrogen (secondary N) is 1. The molecule has 1 fully saturated rings. The number of rotatable bonds is 2. The van der Waals surface area contributed by atoms with E-state index in [2.05, 4.69) is 27.9 Å². The van der Waals surface area contributed by atoms with Gasteiger partial charge >= 0.3 is 12.0 Å². The SMILES string of the molecule is CC1(C(=O)O)CCCN1C(=O)Nc1cccc(I)c1. The first-order valence-electron chi connectivity index (χ1n) is 6.01. The lowest BCUT2D eigenvalue weighted by Gasteiger charge is -2.31. The number of carboxylic acids is 1. The lowest BCUT2D eigenvalue weighted by atomic mass is 10.00. The van der Waals surface area contributed by atoms with Crippen molar-refractivity contribution >= 4 is 40.3 Å². The number of urea groups is 1. The van der Waals surface area contributed by atoms with Gasteiger partial charge in [0, 0.05) is 15.8 Å². The molecule has 1 aromatic rings. The summed E-state index contributed by atoms with van der Waals surface area (Å²) in [4.78, 5) is 24.9. The Labute approximate surface area is 125 Å². The predicted octanol–water partition coefficient (Wildman–Crippen LogP) is 2.76. The highest BCUT2D eigenvalue weighted by atomic mass is 127.